The van der Waals surface area contributed by atoms with Crippen LogP contribution in [0.1, 0.15) is 63.4 Å². The third-order valence-electron chi connectivity index (χ3n) is 6.42. The maximum absolute atomic E-state index is 11.5. The van der Waals surface area contributed by atoms with E-state index >= 15 is 0 Å². The molecule has 0 saturated heterocycles. The number of aliphatic hydroxyl groups is 1. The summed E-state index contributed by atoms with van der Waals surface area (Å²) in [6.45, 7) is 2.16. The van der Waals surface area contributed by atoms with Crippen molar-refractivity contribution < 1.29 is 5.11 Å². The van der Waals surface area contributed by atoms with Gasteiger partial charge in [-0.3, -0.25) is 0 Å². The van der Waals surface area contributed by atoms with Crippen molar-refractivity contribution in [2.24, 2.45) is 0 Å². The van der Waals surface area contributed by atoms with Crippen molar-refractivity contribution in [3.63, 3.8) is 0 Å². The van der Waals surface area contributed by atoms with E-state index in [1.54, 1.807) is 0 Å². The van der Waals surface area contributed by atoms with E-state index in [4.69, 9.17) is 5.41 Å². The van der Waals surface area contributed by atoms with Gasteiger partial charge in [0.05, 0.1) is 5.60 Å². The van der Waals surface area contributed by atoms with Crippen LogP contribution in [0.4, 0.5) is 0 Å². The Morgan fingerprint density at radius 2 is 1.70 bits per heavy atom. The molecule has 2 aromatic rings. The van der Waals surface area contributed by atoms with Crippen LogP contribution >= 0.6 is 0 Å². The quantitative estimate of drug-likeness (QED) is 0.647. The third-order valence-corrected chi connectivity index (χ3v) is 6.42. The van der Waals surface area contributed by atoms with Gasteiger partial charge in [-0.2, -0.15) is 0 Å². The highest BCUT2D eigenvalue weighted by atomic mass is 16.3. The Kier molecular flexibility index (Phi) is 6.33. The smallest absolute Gasteiger partial charge is 0.0719 e. The van der Waals surface area contributed by atoms with Crippen molar-refractivity contribution in [1.82, 2.24) is 4.90 Å². The van der Waals surface area contributed by atoms with Gasteiger partial charge in [-0.05, 0) is 56.6 Å². The molecule has 2 atom stereocenters. The lowest BCUT2D eigenvalue weighted by Crippen LogP contribution is -2.40. The topological polar surface area (TPSA) is 47.3 Å². The molecule has 1 aliphatic carbocycles. The van der Waals surface area contributed by atoms with Crippen molar-refractivity contribution >= 4 is 16.5 Å². The van der Waals surface area contributed by atoms with E-state index in [1.807, 2.05) is 0 Å². The molecule has 2 N–H and O–H groups in total. The molecule has 3 rings (SSSR count). The van der Waals surface area contributed by atoms with E-state index < -0.39 is 5.60 Å². The van der Waals surface area contributed by atoms with E-state index in [0.717, 1.165) is 37.8 Å². The van der Waals surface area contributed by atoms with Crippen molar-refractivity contribution in [3.8, 4) is 0 Å². The van der Waals surface area contributed by atoms with Crippen LogP contribution in [-0.2, 0) is 0 Å². The lowest BCUT2D eigenvalue weighted by molar-refractivity contribution is -0.0202. The zero-order valence-corrected chi connectivity index (χ0v) is 17.0. The average Bonchev–Trinajstić information content (AvgIpc) is 2.66. The predicted octanol–water partition coefficient (Wildman–Crippen LogP) is 5.37. The molecular formula is C24H34N2O. The fourth-order valence-corrected chi connectivity index (χ4v) is 4.42. The molecule has 0 radical (unpaired) electrons. The highest BCUT2D eigenvalue weighted by Gasteiger charge is 2.39. The molecule has 0 amide bonds. The van der Waals surface area contributed by atoms with Crippen molar-refractivity contribution in [2.45, 2.75) is 69.4 Å². The molecule has 0 aliphatic heterocycles. The van der Waals surface area contributed by atoms with Gasteiger partial charge in [-0.25, -0.2) is 0 Å². The number of hydrogen-bond donors (Lipinski definition) is 2. The van der Waals surface area contributed by atoms with Gasteiger partial charge >= 0.3 is 0 Å². The maximum atomic E-state index is 11.5. The van der Waals surface area contributed by atoms with Gasteiger partial charge < -0.3 is 15.4 Å². The van der Waals surface area contributed by atoms with Crippen LogP contribution in [0.5, 0.6) is 0 Å². The monoisotopic (exact) mass is 366 g/mol. The Labute approximate surface area is 163 Å². The zero-order chi connectivity index (χ0) is 19.4. The van der Waals surface area contributed by atoms with Crippen LogP contribution in [0, 0.1) is 5.41 Å². The minimum Gasteiger partial charge on any atom is -0.389 e. The minimum absolute atomic E-state index is 0.00395. The molecule has 3 nitrogen and oxygen atoms in total. The highest BCUT2D eigenvalue weighted by Crippen LogP contribution is 2.42. The number of fused-ring (bicyclic) bond motifs is 1. The van der Waals surface area contributed by atoms with E-state index in [9.17, 15) is 5.11 Å². The molecule has 0 spiro atoms. The molecule has 1 unspecified atom stereocenters. The van der Waals surface area contributed by atoms with Gasteiger partial charge in [0, 0.05) is 24.1 Å². The van der Waals surface area contributed by atoms with Crippen LogP contribution in [0.25, 0.3) is 10.8 Å². The standard InChI is InChI=1S/C24H34N2O/c1-18(26(2)3)15-22(25)17-23(24(27)13-7-4-8-14-24)21-12-11-19-9-5-6-10-20(19)16-21/h5-6,9-12,16,18,23,25,27H,4,7-8,13-15,17H2,1-3H3/t18-,23?/m0/s1. The summed E-state index contributed by atoms with van der Waals surface area (Å²) >= 11 is 0. The second-order valence-corrected chi connectivity index (χ2v) is 8.65. The summed E-state index contributed by atoms with van der Waals surface area (Å²) in [4.78, 5) is 2.16. The first-order valence-electron chi connectivity index (χ1n) is 10.3. The first-order valence-corrected chi connectivity index (χ1v) is 10.3. The summed E-state index contributed by atoms with van der Waals surface area (Å²) in [7, 11) is 4.13. The molecule has 1 fully saturated rings. The molecule has 146 valence electrons. The molecule has 1 saturated carbocycles. The molecule has 0 bridgehead atoms. The molecule has 2 aromatic carbocycles. The van der Waals surface area contributed by atoms with Crippen LogP contribution in [0.2, 0.25) is 0 Å². The van der Waals surface area contributed by atoms with Gasteiger partial charge in [0.1, 0.15) is 0 Å². The van der Waals surface area contributed by atoms with Gasteiger partial charge in [-0.15, -0.1) is 0 Å². The van der Waals surface area contributed by atoms with Crippen molar-refractivity contribution in [3.05, 3.63) is 48.0 Å². The summed E-state index contributed by atoms with van der Waals surface area (Å²) < 4.78 is 0. The van der Waals surface area contributed by atoms with Gasteiger partial charge in [-0.1, -0.05) is 61.7 Å². The lowest BCUT2D eigenvalue weighted by Gasteiger charge is -2.40. The van der Waals surface area contributed by atoms with Crippen LogP contribution in [0.3, 0.4) is 0 Å². The zero-order valence-electron chi connectivity index (χ0n) is 17.0. The lowest BCUT2D eigenvalue weighted by atomic mass is 9.70. The second kappa shape index (κ2) is 8.53. The first kappa shape index (κ1) is 20.0. The molecule has 0 aromatic heterocycles. The van der Waals surface area contributed by atoms with Crippen molar-refractivity contribution in [2.75, 3.05) is 14.1 Å². The molecule has 1 aliphatic rings. The Hall–Kier alpha value is -1.71. The fraction of sp³-hybridized carbons (Fsp3) is 0.542. The van der Waals surface area contributed by atoms with Gasteiger partial charge in [0.2, 0.25) is 0 Å². The van der Waals surface area contributed by atoms with Crippen LogP contribution in [-0.4, -0.2) is 41.5 Å². The molecule has 27 heavy (non-hydrogen) atoms. The van der Waals surface area contributed by atoms with E-state index in [0.29, 0.717) is 12.5 Å². The largest absolute Gasteiger partial charge is 0.389 e. The van der Waals surface area contributed by atoms with E-state index in [2.05, 4.69) is 68.4 Å². The van der Waals surface area contributed by atoms with Gasteiger partial charge in [0.25, 0.3) is 0 Å². The SMILES string of the molecule is C[C@@H](CC(=N)CC(c1ccc2ccccc2c1)C1(O)CCCCC1)N(C)C. The minimum atomic E-state index is -0.686. The Morgan fingerprint density at radius 3 is 2.37 bits per heavy atom. The van der Waals surface area contributed by atoms with Crippen LogP contribution < -0.4 is 0 Å². The van der Waals surface area contributed by atoms with E-state index in [1.165, 1.54) is 22.8 Å². The Balaban J connectivity index is 1.90. The summed E-state index contributed by atoms with van der Waals surface area (Å²) in [5.41, 5.74) is 1.24. The number of benzene rings is 2. The third kappa shape index (κ3) is 4.77. The first-order chi connectivity index (χ1) is 12.9. The summed E-state index contributed by atoms with van der Waals surface area (Å²) in [6, 6.07) is 15.3. The predicted molar refractivity (Wildman–Crippen MR) is 115 cm³/mol. The van der Waals surface area contributed by atoms with E-state index in [-0.39, 0.29) is 5.92 Å². The summed E-state index contributed by atoms with van der Waals surface area (Å²) in [5.74, 6) is 0.00395. The maximum Gasteiger partial charge on any atom is 0.0719 e. The summed E-state index contributed by atoms with van der Waals surface area (Å²) in [6.07, 6.45) is 6.48. The normalized spacial score (nSPS) is 19.1. The number of hydrogen-bond acceptors (Lipinski definition) is 3. The van der Waals surface area contributed by atoms with Crippen molar-refractivity contribution in [1.29, 1.82) is 5.41 Å². The fourth-order valence-electron chi connectivity index (χ4n) is 4.42. The highest BCUT2D eigenvalue weighted by molar-refractivity contribution is 5.85. The van der Waals surface area contributed by atoms with Gasteiger partial charge in [0.15, 0.2) is 0 Å². The average molecular weight is 367 g/mol. The Bertz CT molecular complexity index is 777. The summed E-state index contributed by atoms with van der Waals surface area (Å²) in [5, 5.41) is 22.6. The molecular weight excluding hydrogens is 332 g/mol. The molecule has 3 heteroatoms. The molecule has 0 heterocycles. The second-order valence-electron chi connectivity index (χ2n) is 8.65. The Morgan fingerprint density at radius 1 is 1.04 bits per heavy atom. The number of rotatable bonds is 7. The number of nitrogens with zero attached hydrogens (tertiary/aromatic N) is 1. The number of nitrogens with one attached hydrogen (secondary N) is 1. The van der Waals surface area contributed by atoms with Crippen LogP contribution in [0.15, 0.2) is 42.5 Å².